The van der Waals surface area contributed by atoms with Crippen molar-refractivity contribution in [2.24, 2.45) is 0 Å². The van der Waals surface area contributed by atoms with Crippen LogP contribution in [-0.4, -0.2) is 73.4 Å². The fourth-order valence-electron chi connectivity index (χ4n) is 7.66. The number of aliphatic hydroxyl groups excluding tert-OH is 1. The summed E-state index contributed by atoms with van der Waals surface area (Å²) in [6.07, 6.45) is 65.6. The number of aliphatic hydroxyl groups is 1. The highest BCUT2D eigenvalue weighted by Gasteiger charge is 2.27. The normalized spacial score (nSPS) is 14.6. The van der Waals surface area contributed by atoms with E-state index in [0.717, 1.165) is 89.9 Å². The number of hydrogen-bond acceptors (Lipinski definition) is 5. The van der Waals surface area contributed by atoms with E-state index in [1.807, 2.05) is 27.2 Å². The lowest BCUT2D eigenvalue weighted by atomic mass is 10.0. The number of allylic oxidation sites excluding steroid dienone is 11. The van der Waals surface area contributed by atoms with Gasteiger partial charge in [-0.05, 0) is 64.2 Å². The van der Waals surface area contributed by atoms with E-state index >= 15 is 0 Å². The molecule has 0 aliphatic carbocycles. The van der Waals surface area contributed by atoms with Crippen molar-refractivity contribution < 1.29 is 32.9 Å². The van der Waals surface area contributed by atoms with Gasteiger partial charge in [-0.25, -0.2) is 4.57 Å². The summed E-state index contributed by atoms with van der Waals surface area (Å²) < 4.78 is 23.7. The number of phosphoric acid groups is 1. The van der Waals surface area contributed by atoms with E-state index in [0.29, 0.717) is 17.4 Å². The maximum absolute atomic E-state index is 13.0. The van der Waals surface area contributed by atoms with Gasteiger partial charge < -0.3 is 19.8 Å². The summed E-state index contributed by atoms with van der Waals surface area (Å²) in [5, 5.41) is 13.9. The van der Waals surface area contributed by atoms with Gasteiger partial charge in [0.15, 0.2) is 0 Å². The molecule has 384 valence electrons. The van der Waals surface area contributed by atoms with E-state index in [9.17, 15) is 19.4 Å². The highest BCUT2D eigenvalue weighted by molar-refractivity contribution is 7.47. The summed E-state index contributed by atoms with van der Waals surface area (Å²) in [5.74, 6) is -0.196. The van der Waals surface area contributed by atoms with Gasteiger partial charge in [0.25, 0.3) is 0 Å². The Hall–Kier alpha value is -2.06. The highest BCUT2D eigenvalue weighted by Crippen LogP contribution is 2.43. The first-order valence-electron chi connectivity index (χ1n) is 27.3. The van der Waals surface area contributed by atoms with Crippen LogP contribution in [-0.2, 0) is 18.4 Å². The Kier molecular flexibility index (Phi) is 46.5. The van der Waals surface area contributed by atoms with Crippen LogP contribution in [0.3, 0.4) is 0 Å². The van der Waals surface area contributed by atoms with Crippen LogP contribution in [0.5, 0.6) is 0 Å². The first-order chi connectivity index (χ1) is 32.0. The number of rotatable bonds is 49. The maximum Gasteiger partial charge on any atom is 0.472 e. The smallest absolute Gasteiger partial charge is 0.387 e. The van der Waals surface area contributed by atoms with Gasteiger partial charge in [-0.15, -0.1) is 0 Å². The molecule has 0 aliphatic rings. The Balaban J connectivity index is 4.32. The Bertz CT molecular complexity index is 1300. The van der Waals surface area contributed by atoms with Gasteiger partial charge in [0.05, 0.1) is 39.9 Å². The van der Waals surface area contributed by atoms with E-state index in [1.54, 1.807) is 6.08 Å². The van der Waals surface area contributed by atoms with Crippen molar-refractivity contribution in [3.8, 4) is 0 Å². The van der Waals surface area contributed by atoms with E-state index in [2.05, 4.69) is 79.9 Å². The van der Waals surface area contributed by atoms with Crippen LogP contribution in [0.25, 0.3) is 0 Å². The first kappa shape index (κ1) is 63.9. The number of carbonyl (C=O) groups excluding carboxylic acids is 1. The highest BCUT2D eigenvalue weighted by atomic mass is 31.2. The van der Waals surface area contributed by atoms with Crippen molar-refractivity contribution >= 4 is 13.7 Å². The number of carbonyl (C=O) groups is 1. The first-order valence-corrected chi connectivity index (χ1v) is 28.8. The summed E-state index contributed by atoms with van der Waals surface area (Å²) in [7, 11) is 1.55. The molecule has 3 atom stereocenters. The molecule has 1 amide bonds. The lowest BCUT2D eigenvalue weighted by molar-refractivity contribution is -0.870. The van der Waals surface area contributed by atoms with Crippen molar-refractivity contribution in [1.29, 1.82) is 0 Å². The Morgan fingerprint density at radius 2 is 0.909 bits per heavy atom. The van der Waals surface area contributed by atoms with E-state index < -0.39 is 20.0 Å². The number of amides is 1. The quantitative estimate of drug-likeness (QED) is 0.0243. The second-order valence-corrected chi connectivity index (χ2v) is 21.0. The number of hydrogen-bond donors (Lipinski definition) is 3. The van der Waals surface area contributed by atoms with E-state index in [-0.39, 0.29) is 19.1 Å². The summed E-state index contributed by atoms with van der Waals surface area (Å²) in [5.41, 5.74) is 0. The van der Waals surface area contributed by atoms with Crippen LogP contribution >= 0.6 is 7.82 Å². The average molecular weight is 946 g/mol. The van der Waals surface area contributed by atoms with Crippen molar-refractivity contribution in [2.45, 2.75) is 244 Å². The summed E-state index contributed by atoms with van der Waals surface area (Å²) in [4.78, 5) is 23.3. The fourth-order valence-corrected chi connectivity index (χ4v) is 8.39. The molecule has 3 unspecified atom stereocenters. The summed E-state index contributed by atoms with van der Waals surface area (Å²) in [6, 6.07) is -0.862. The van der Waals surface area contributed by atoms with Gasteiger partial charge >= 0.3 is 7.82 Å². The second-order valence-electron chi connectivity index (χ2n) is 19.6. The maximum atomic E-state index is 13.0. The van der Waals surface area contributed by atoms with Crippen molar-refractivity contribution in [3.05, 3.63) is 72.9 Å². The molecule has 9 heteroatoms. The van der Waals surface area contributed by atoms with Crippen LogP contribution in [0.4, 0.5) is 0 Å². The minimum Gasteiger partial charge on any atom is -0.387 e. The Labute approximate surface area is 408 Å². The van der Waals surface area contributed by atoms with Crippen molar-refractivity contribution in [3.63, 3.8) is 0 Å². The largest absolute Gasteiger partial charge is 0.472 e. The van der Waals surface area contributed by atoms with Crippen LogP contribution in [0, 0.1) is 0 Å². The number of nitrogens with zero attached hydrogens (tertiary/aromatic N) is 1. The molecule has 0 aliphatic heterocycles. The molecule has 0 heterocycles. The van der Waals surface area contributed by atoms with Gasteiger partial charge in [-0.2, -0.15) is 0 Å². The summed E-state index contributed by atoms with van der Waals surface area (Å²) >= 11 is 0. The lowest BCUT2D eigenvalue weighted by Crippen LogP contribution is -2.45. The zero-order valence-corrected chi connectivity index (χ0v) is 44.6. The minimum atomic E-state index is -4.36. The molecule has 0 aromatic rings. The molecule has 0 aromatic heterocycles. The monoisotopic (exact) mass is 946 g/mol. The molecular weight excluding hydrogens is 840 g/mol. The van der Waals surface area contributed by atoms with Crippen molar-refractivity contribution in [1.82, 2.24) is 5.32 Å². The molecule has 0 radical (unpaired) electrons. The Morgan fingerprint density at radius 3 is 1.33 bits per heavy atom. The second kappa shape index (κ2) is 48.0. The zero-order valence-electron chi connectivity index (χ0n) is 43.7. The number of quaternary nitrogens is 1. The standard InChI is InChI=1S/C57H105N2O6P/c1-6-8-10-12-14-16-18-20-22-24-26-28-29-31-32-34-36-38-40-42-44-46-48-50-56(60)55(54-65-66(62,63)64-53-52-59(3,4)5)58-57(61)51-49-47-45-43-41-39-37-35-33-30-27-25-23-21-19-17-15-13-11-9-7-2/h9,11,15,17,21,23,27,30,35,37,48,50,55-56,60H,6-8,10,12-14,16,18-20,22,24-26,28-29,31-34,36,38-47,49,51-54H2,1-5H3,(H-,58,61,62,63)/p+1/b11-9-,17-15-,23-21-,30-27-,37-35-,50-48+. The molecule has 0 rings (SSSR count). The molecular formula is C57H106N2O6P+. The molecule has 0 saturated carbocycles. The predicted molar refractivity (Wildman–Crippen MR) is 286 cm³/mol. The number of nitrogens with one attached hydrogen (secondary N) is 1. The van der Waals surface area contributed by atoms with Gasteiger partial charge in [-0.1, -0.05) is 234 Å². The third-order valence-electron chi connectivity index (χ3n) is 11.9. The molecule has 66 heavy (non-hydrogen) atoms. The zero-order chi connectivity index (χ0) is 48.5. The van der Waals surface area contributed by atoms with Crippen LogP contribution in [0.15, 0.2) is 72.9 Å². The third-order valence-corrected chi connectivity index (χ3v) is 12.9. The van der Waals surface area contributed by atoms with Crippen LogP contribution in [0.2, 0.25) is 0 Å². The molecule has 3 N–H and O–H groups in total. The molecule has 0 spiro atoms. The van der Waals surface area contributed by atoms with Gasteiger partial charge in [0.1, 0.15) is 13.2 Å². The number of unbranched alkanes of at least 4 members (excludes halogenated alkanes) is 26. The average Bonchev–Trinajstić information content (AvgIpc) is 3.28. The SMILES string of the molecule is CC/C=C\C/C=C\C/C=C\C/C=C\C/C=C\CCCCCCCC(=O)NC(COP(=O)(O)OCC[N+](C)(C)C)C(O)/C=C/CCCCCCCCCCCCCCCCCCCCCCC. The minimum absolute atomic E-state index is 0.0542. The van der Waals surface area contributed by atoms with E-state index in [1.165, 1.54) is 122 Å². The Morgan fingerprint density at radius 1 is 0.530 bits per heavy atom. The molecule has 8 nitrogen and oxygen atoms in total. The number of likely N-dealkylation sites (N-methyl/N-ethyl adjacent to an activating group) is 1. The van der Waals surface area contributed by atoms with E-state index in [4.69, 9.17) is 9.05 Å². The lowest BCUT2D eigenvalue weighted by Gasteiger charge is -2.25. The predicted octanol–water partition coefficient (Wildman–Crippen LogP) is 16.3. The van der Waals surface area contributed by atoms with Crippen molar-refractivity contribution in [2.75, 3.05) is 40.9 Å². The molecule has 0 saturated heterocycles. The number of phosphoric ester groups is 1. The molecule has 0 fully saturated rings. The van der Waals surface area contributed by atoms with Crippen LogP contribution in [0.1, 0.15) is 232 Å². The summed E-state index contributed by atoms with van der Waals surface area (Å²) in [6.45, 7) is 4.70. The molecule has 0 aromatic carbocycles. The van der Waals surface area contributed by atoms with Gasteiger partial charge in [0.2, 0.25) is 5.91 Å². The molecule has 0 bridgehead atoms. The fraction of sp³-hybridized carbons (Fsp3) is 0.772. The third kappa shape index (κ3) is 49.8. The topological polar surface area (TPSA) is 105 Å². The van der Waals surface area contributed by atoms with Gasteiger partial charge in [0, 0.05) is 6.42 Å². The van der Waals surface area contributed by atoms with Gasteiger partial charge in [-0.3, -0.25) is 13.8 Å². The van der Waals surface area contributed by atoms with Crippen LogP contribution < -0.4 is 5.32 Å².